The van der Waals surface area contributed by atoms with E-state index in [0.717, 1.165) is 36.4 Å². The molecule has 0 radical (unpaired) electrons. The molecule has 0 unspecified atom stereocenters. The number of H-pyrrole nitrogens is 1. The number of nitrogens with two attached hydrogens (primary N) is 1. The number of hydrogen-bond donors (Lipinski definition) is 3. The van der Waals surface area contributed by atoms with Gasteiger partial charge in [-0.2, -0.15) is 8.78 Å². The fourth-order valence-corrected chi connectivity index (χ4v) is 4.79. The van der Waals surface area contributed by atoms with Gasteiger partial charge in [-0.1, -0.05) is 6.07 Å². The summed E-state index contributed by atoms with van der Waals surface area (Å²) in [5.41, 5.74) is 4.91. The van der Waals surface area contributed by atoms with Gasteiger partial charge >= 0.3 is 6.61 Å². The number of nitrogens with one attached hydrogen (secondary N) is 2. The minimum Gasteiger partial charge on any atom is -0.435 e. The normalized spacial score (nSPS) is 12.4. The first-order valence-electron chi connectivity index (χ1n) is 11.0. The van der Waals surface area contributed by atoms with Gasteiger partial charge in [0.25, 0.3) is 10.0 Å². The van der Waals surface area contributed by atoms with Crippen LogP contribution < -0.4 is 15.2 Å². The van der Waals surface area contributed by atoms with Crippen LogP contribution in [0.3, 0.4) is 0 Å². The number of aromatic nitrogens is 2. The number of hydrogen-bond acceptors (Lipinski definition) is 7. The van der Waals surface area contributed by atoms with Gasteiger partial charge in [-0.3, -0.25) is 14.5 Å². The number of carbonyl (C=O) groups is 1. The quantitative estimate of drug-likeness (QED) is 0.157. The number of aliphatic imine (C=N–C) groups is 1. The number of ether oxygens (including phenoxy) is 1. The van der Waals surface area contributed by atoms with Crippen molar-refractivity contribution in [2.24, 2.45) is 10.7 Å². The molecule has 0 amide bonds. The van der Waals surface area contributed by atoms with Gasteiger partial charge < -0.3 is 15.5 Å². The molecule has 0 saturated carbocycles. The Morgan fingerprint density at radius 3 is 2.67 bits per heavy atom. The maximum Gasteiger partial charge on any atom is 0.387 e. The summed E-state index contributed by atoms with van der Waals surface area (Å²) in [6, 6.07) is 7.13. The third-order valence-electron chi connectivity index (χ3n) is 5.46. The lowest BCUT2D eigenvalue weighted by atomic mass is 10.00. The summed E-state index contributed by atoms with van der Waals surface area (Å²) in [6.07, 6.45) is 5.41. The number of carbonyl (C=O) groups excluding carboxylic acids is 1. The van der Waals surface area contributed by atoms with Gasteiger partial charge in [-0.25, -0.2) is 22.2 Å². The van der Waals surface area contributed by atoms with Gasteiger partial charge in [0.1, 0.15) is 17.2 Å². The summed E-state index contributed by atoms with van der Waals surface area (Å²) in [5.74, 6) is -4.27. The second-order valence-corrected chi connectivity index (χ2v) is 9.59. The SMILES string of the molecule is CN=CC(=CN)c1cnc2[nH]cc(C(=O)c3c(F)ccc(NS(=O)(=O)c4cccc(OC(F)F)c4)c3F)c2c1. The Morgan fingerprint density at radius 1 is 1.21 bits per heavy atom. The van der Waals surface area contributed by atoms with E-state index in [1.165, 1.54) is 37.9 Å². The summed E-state index contributed by atoms with van der Waals surface area (Å²) in [7, 11) is -3.03. The van der Waals surface area contributed by atoms with Crippen molar-refractivity contribution in [1.82, 2.24) is 9.97 Å². The third kappa shape index (κ3) is 5.60. The number of rotatable bonds is 9. The number of sulfonamides is 1. The van der Waals surface area contributed by atoms with Gasteiger partial charge in [0.15, 0.2) is 5.82 Å². The highest BCUT2D eigenvalue weighted by Crippen LogP contribution is 2.30. The Morgan fingerprint density at radius 2 is 1.97 bits per heavy atom. The van der Waals surface area contributed by atoms with Crippen molar-refractivity contribution < 1.29 is 35.5 Å². The van der Waals surface area contributed by atoms with Crippen molar-refractivity contribution in [1.29, 1.82) is 0 Å². The molecule has 0 spiro atoms. The molecule has 14 heteroatoms. The van der Waals surface area contributed by atoms with Crippen molar-refractivity contribution in [3.63, 3.8) is 0 Å². The molecule has 202 valence electrons. The van der Waals surface area contributed by atoms with Crippen LogP contribution in [0.5, 0.6) is 5.75 Å². The van der Waals surface area contributed by atoms with Gasteiger partial charge in [-0.15, -0.1) is 0 Å². The van der Waals surface area contributed by atoms with Crippen molar-refractivity contribution in [2.45, 2.75) is 11.5 Å². The van der Waals surface area contributed by atoms with Gasteiger partial charge in [0, 0.05) is 60.0 Å². The molecule has 0 aliphatic heterocycles. The molecule has 0 fully saturated rings. The van der Waals surface area contributed by atoms with Crippen molar-refractivity contribution >= 4 is 44.3 Å². The summed E-state index contributed by atoms with van der Waals surface area (Å²) in [4.78, 5) is 23.6. The fourth-order valence-electron chi connectivity index (χ4n) is 3.70. The van der Waals surface area contributed by atoms with Gasteiger partial charge in [-0.05, 0) is 30.3 Å². The maximum atomic E-state index is 15.5. The number of nitrogens with zero attached hydrogens (tertiary/aromatic N) is 2. The minimum absolute atomic E-state index is 0.140. The summed E-state index contributed by atoms with van der Waals surface area (Å²) >= 11 is 0. The monoisotopic (exact) mass is 561 g/mol. The first-order valence-corrected chi connectivity index (χ1v) is 12.5. The predicted molar refractivity (Wildman–Crippen MR) is 136 cm³/mol. The van der Waals surface area contributed by atoms with E-state index in [4.69, 9.17) is 5.73 Å². The Kier molecular flexibility index (Phi) is 7.67. The van der Waals surface area contributed by atoms with Crippen LogP contribution in [0.15, 0.2) is 70.9 Å². The Balaban J connectivity index is 1.73. The summed E-state index contributed by atoms with van der Waals surface area (Å²) in [6.45, 7) is -3.20. The van der Waals surface area contributed by atoms with E-state index in [1.54, 1.807) is 0 Å². The standard InChI is InChI=1S/C25H19F4N5O4S/c1-31-10-14(9-30)13-7-17-18(12-33-24(17)32-11-13)23(35)21-19(26)5-6-20(22(21)27)34-39(36,37)16-4-2-3-15(8-16)38-25(28)29/h2-12,25,34H,30H2,1H3,(H,32,33). The van der Waals surface area contributed by atoms with Crippen LogP contribution in [-0.2, 0) is 10.0 Å². The van der Waals surface area contributed by atoms with E-state index >= 15 is 4.39 Å². The van der Waals surface area contributed by atoms with E-state index in [-0.39, 0.29) is 16.6 Å². The molecule has 2 aromatic heterocycles. The predicted octanol–water partition coefficient (Wildman–Crippen LogP) is 4.47. The number of benzene rings is 2. The number of fused-ring (bicyclic) bond motifs is 1. The zero-order chi connectivity index (χ0) is 28.3. The lowest BCUT2D eigenvalue weighted by Gasteiger charge is -2.13. The van der Waals surface area contributed by atoms with Crippen LogP contribution in [0.25, 0.3) is 16.6 Å². The number of allylic oxidation sites excluding steroid dienone is 1. The lowest BCUT2D eigenvalue weighted by Crippen LogP contribution is -2.16. The molecule has 0 bridgehead atoms. The van der Waals surface area contributed by atoms with Crippen molar-refractivity contribution in [3.8, 4) is 5.75 Å². The van der Waals surface area contributed by atoms with E-state index in [9.17, 15) is 26.4 Å². The molecule has 2 aromatic carbocycles. The molecule has 0 saturated heterocycles. The number of anilines is 1. The number of alkyl halides is 2. The minimum atomic E-state index is -4.56. The molecule has 2 heterocycles. The first kappa shape index (κ1) is 27.3. The highest BCUT2D eigenvalue weighted by Gasteiger charge is 2.27. The van der Waals surface area contributed by atoms with Crippen LogP contribution in [-0.4, -0.2) is 44.0 Å². The Labute approximate surface area is 219 Å². The largest absolute Gasteiger partial charge is 0.435 e. The first-order chi connectivity index (χ1) is 18.6. The fraction of sp³-hybridized carbons (Fsp3) is 0.0800. The van der Waals surface area contributed by atoms with Crippen molar-refractivity contribution in [2.75, 3.05) is 11.8 Å². The molecule has 4 rings (SSSR count). The second-order valence-electron chi connectivity index (χ2n) is 7.90. The number of halogens is 4. The van der Waals surface area contributed by atoms with Gasteiger partial charge in [0.05, 0.1) is 16.1 Å². The molecule has 4 N–H and O–H groups in total. The van der Waals surface area contributed by atoms with Crippen LogP contribution in [0.1, 0.15) is 21.5 Å². The average Bonchev–Trinajstić information content (AvgIpc) is 3.32. The Bertz CT molecular complexity index is 1740. The second kappa shape index (κ2) is 10.9. The summed E-state index contributed by atoms with van der Waals surface area (Å²) < 4.78 is 87.0. The molecule has 9 nitrogen and oxygen atoms in total. The smallest absolute Gasteiger partial charge is 0.387 e. The van der Waals surface area contributed by atoms with Crippen LogP contribution in [0.4, 0.5) is 23.2 Å². The van der Waals surface area contributed by atoms with Crippen LogP contribution in [0, 0.1) is 11.6 Å². The van der Waals surface area contributed by atoms with Crippen LogP contribution >= 0.6 is 0 Å². The van der Waals surface area contributed by atoms with E-state index < -0.39 is 55.9 Å². The summed E-state index contributed by atoms with van der Waals surface area (Å²) in [5, 5.41) is 0.224. The maximum absolute atomic E-state index is 15.5. The zero-order valence-corrected chi connectivity index (χ0v) is 20.8. The lowest BCUT2D eigenvalue weighted by molar-refractivity contribution is -0.0500. The third-order valence-corrected chi connectivity index (χ3v) is 6.82. The van der Waals surface area contributed by atoms with Crippen LogP contribution in [0.2, 0.25) is 0 Å². The molecular formula is C25H19F4N5O4S. The van der Waals surface area contributed by atoms with E-state index in [0.29, 0.717) is 11.1 Å². The molecular weight excluding hydrogens is 542 g/mol. The highest BCUT2D eigenvalue weighted by atomic mass is 32.2. The molecule has 0 atom stereocenters. The molecule has 0 aliphatic rings. The number of ketones is 1. The van der Waals surface area contributed by atoms with Gasteiger partial charge in [0.2, 0.25) is 5.78 Å². The molecule has 39 heavy (non-hydrogen) atoms. The van der Waals surface area contributed by atoms with Crippen molar-refractivity contribution in [3.05, 3.63) is 89.4 Å². The highest BCUT2D eigenvalue weighted by molar-refractivity contribution is 7.92. The van der Waals surface area contributed by atoms with E-state index in [2.05, 4.69) is 19.7 Å². The van der Waals surface area contributed by atoms with E-state index in [1.807, 2.05) is 4.72 Å². The zero-order valence-electron chi connectivity index (χ0n) is 20.0. The molecule has 0 aliphatic carbocycles. The Hall–Kier alpha value is -4.72. The molecule has 4 aromatic rings. The topological polar surface area (TPSA) is 140 Å². The number of pyridine rings is 1. The average molecular weight is 562 g/mol. The number of aromatic amines is 1.